The van der Waals surface area contributed by atoms with Crippen molar-refractivity contribution in [3.63, 3.8) is 0 Å². The van der Waals surface area contributed by atoms with Gasteiger partial charge in [-0.05, 0) is 37.6 Å². The highest BCUT2D eigenvalue weighted by Gasteiger charge is 2.16. The summed E-state index contributed by atoms with van der Waals surface area (Å²) in [6, 6.07) is 8.10. The molecule has 3 N–H and O–H groups in total. The Balaban J connectivity index is 1.84. The van der Waals surface area contributed by atoms with Gasteiger partial charge in [0.15, 0.2) is 5.82 Å². The third kappa shape index (κ3) is 3.92. The minimum absolute atomic E-state index is 0.188. The van der Waals surface area contributed by atoms with Crippen LogP contribution in [0.15, 0.2) is 41.3 Å². The van der Waals surface area contributed by atoms with Gasteiger partial charge in [0.2, 0.25) is 5.91 Å². The van der Waals surface area contributed by atoms with E-state index in [1.54, 1.807) is 25.1 Å². The van der Waals surface area contributed by atoms with E-state index in [0.717, 1.165) is 5.56 Å². The van der Waals surface area contributed by atoms with Gasteiger partial charge in [-0.2, -0.15) is 10.2 Å². The molecule has 1 aromatic carbocycles. The molecule has 27 heavy (non-hydrogen) atoms. The molecule has 0 aliphatic heterocycles. The summed E-state index contributed by atoms with van der Waals surface area (Å²) in [4.78, 5) is 35.0. The summed E-state index contributed by atoms with van der Waals surface area (Å²) in [5, 5.41) is 15.9. The summed E-state index contributed by atoms with van der Waals surface area (Å²) in [7, 11) is 0. The van der Waals surface area contributed by atoms with Crippen molar-refractivity contribution in [3.05, 3.63) is 63.7 Å². The zero-order chi connectivity index (χ0) is 19.6. The van der Waals surface area contributed by atoms with Crippen molar-refractivity contribution in [2.45, 2.75) is 20.8 Å². The van der Waals surface area contributed by atoms with Crippen LogP contribution in [0.1, 0.15) is 28.5 Å². The topological polar surface area (TPSA) is 122 Å². The monoisotopic (exact) mass is 366 g/mol. The zero-order valence-electron chi connectivity index (χ0n) is 15.0. The van der Waals surface area contributed by atoms with Crippen molar-refractivity contribution < 1.29 is 9.59 Å². The third-order valence-corrected chi connectivity index (χ3v) is 3.94. The number of nitrogens with one attached hydrogen (secondary N) is 3. The molecule has 2 aromatic heterocycles. The van der Waals surface area contributed by atoms with Crippen molar-refractivity contribution in [3.8, 4) is 5.82 Å². The second-order valence-electron chi connectivity index (χ2n) is 6.00. The quantitative estimate of drug-likeness (QED) is 0.650. The third-order valence-electron chi connectivity index (χ3n) is 3.94. The molecular formula is C18H18N6O3. The molecule has 0 atom stereocenters. The van der Waals surface area contributed by atoms with Crippen molar-refractivity contribution in [2.24, 2.45) is 0 Å². The van der Waals surface area contributed by atoms with Gasteiger partial charge in [0.1, 0.15) is 0 Å². The number of hydrogen-bond donors (Lipinski definition) is 3. The highest BCUT2D eigenvalue weighted by atomic mass is 16.2. The molecule has 0 aliphatic carbocycles. The molecule has 9 heteroatoms. The minimum atomic E-state index is -0.346. The lowest BCUT2D eigenvalue weighted by Crippen LogP contribution is -2.15. The van der Waals surface area contributed by atoms with E-state index in [9.17, 15) is 14.4 Å². The summed E-state index contributed by atoms with van der Waals surface area (Å²) >= 11 is 0. The first-order valence-electron chi connectivity index (χ1n) is 8.15. The first-order chi connectivity index (χ1) is 12.8. The second-order valence-corrected chi connectivity index (χ2v) is 6.00. The van der Waals surface area contributed by atoms with Crippen LogP contribution in [0.2, 0.25) is 0 Å². The normalized spacial score (nSPS) is 10.5. The maximum absolute atomic E-state index is 12.6. The van der Waals surface area contributed by atoms with E-state index < -0.39 is 0 Å². The van der Waals surface area contributed by atoms with Crippen LogP contribution in [-0.4, -0.2) is 31.8 Å². The van der Waals surface area contributed by atoms with Gasteiger partial charge in [-0.15, -0.1) is 0 Å². The lowest BCUT2D eigenvalue weighted by atomic mass is 10.1. The number of hydrogen-bond acceptors (Lipinski definition) is 5. The average molecular weight is 366 g/mol. The number of amides is 2. The number of carbonyl (C=O) groups is 2. The Morgan fingerprint density at radius 3 is 2.56 bits per heavy atom. The van der Waals surface area contributed by atoms with Gasteiger partial charge in [-0.3, -0.25) is 14.4 Å². The number of rotatable bonds is 4. The van der Waals surface area contributed by atoms with Crippen molar-refractivity contribution in [1.82, 2.24) is 20.0 Å². The van der Waals surface area contributed by atoms with Crippen LogP contribution in [0.5, 0.6) is 0 Å². The fraction of sp³-hybridized carbons (Fsp3) is 0.167. The summed E-state index contributed by atoms with van der Waals surface area (Å²) in [5.41, 5.74) is 2.67. The smallest absolute Gasteiger partial charge is 0.264 e. The number of aromatic amines is 1. The van der Waals surface area contributed by atoms with Crippen LogP contribution >= 0.6 is 0 Å². The Morgan fingerprint density at radius 1 is 1.11 bits per heavy atom. The number of anilines is 2. The van der Waals surface area contributed by atoms with Crippen LogP contribution in [0, 0.1) is 13.8 Å². The molecule has 9 nitrogen and oxygen atoms in total. The molecule has 2 heterocycles. The fourth-order valence-corrected chi connectivity index (χ4v) is 2.54. The molecule has 138 valence electrons. The predicted molar refractivity (Wildman–Crippen MR) is 100 cm³/mol. The van der Waals surface area contributed by atoms with Crippen LogP contribution < -0.4 is 16.2 Å². The molecule has 0 saturated heterocycles. The van der Waals surface area contributed by atoms with E-state index in [2.05, 4.69) is 25.9 Å². The summed E-state index contributed by atoms with van der Waals surface area (Å²) in [5.74, 6) is -0.137. The number of carbonyl (C=O) groups excluding carboxylic acids is 2. The van der Waals surface area contributed by atoms with E-state index in [-0.39, 0.29) is 17.4 Å². The number of aromatic nitrogens is 4. The van der Waals surface area contributed by atoms with E-state index >= 15 is 0 Å². The van der Waals surface area contributed by atoms with Gasteiger partial charge in [-0.25, -0.2) is 9.78 Å². The zero-order valence-corrected chi connectivity index (χ0v) is 15.0. The van der Waals surface area contributed by atoms with Crippen molar-refractivity contribution >= 4 is 23.2 Å². The van der Waals surface area contributed by atoms with Gasteiger partial charge >= 0.3 is 0 Å². The van der Waals surface area contributed by atoms with Crippen LogP contribution in [0.4, 0.5) is 11.4 Å². The first-order valence-corrected chi connectivity index (χ1v) is 8.15. The SMILES string of the molecule is CC(=O)Nc1cc(NC(=O)c2cnn(-c3ccc(=O)[nH]n3)c2C)ccc1C. The van der Waals surface area contributed by atoms with E-state index in [4.69, 9.17) is 0 Å². The predicted octanol–water partition coefficient (Wildman–Crippen LogP) is 1.78. The highest BCUT2D eigenvalue weighted by Crippen LogP contribution is 2.21. The molecule has 0 radical (unpaired) electrons. The average Bonchev–Trinajstić information content (AvgIpc) is 3.00. The minimum Gasteiger partial charge on any atom is -0.326 e. The Bertz CT molecular complexity index is 1060. The Morgan fingerprint density at radius 2 is 1.89 bits per heavy atom. The van der Waals surface area contributed by atoms with Gasteiger partial charge in [0, 0.05) is 24.4 Å². The van der Waals surface area contributed by atoms with Crippen molar-refractivity contribution in [2.75, 3.05) is 10.6 Å². The fourth-order valence-electron chi connectivity index (χ4n) is 2.54. The molecule has 0 unspecified atom stereocenters. The summed E-state index contributed by atoms with van der Waals surface area (Å²) in [6.45, 7) is 5.02. The van der Waals surface area contributed by atoms with Crippen LogP contribution in [-0.2, 0) is 4.79 Å². The van der Waals surface area contributed by atoms with E-state index in [1.165, 1.54) is 29.9 Å². The standard InChI is InChI=1S/C18H18N6O3/c1-10-4-5-13(8-15(10)20-12(3)25)21-18(27)14-9-19-24(11(14)2)16-6-7-17(26)23-22-16/h4-9H,1-3H3,(H,20,25)(H,21,27)(H,23,26). The molecule has 0 aliphatic rings. The lowest BCUT2D eigenvalue weighted by Gasteiger charge is -2.10. The molecule has 3 aromatic rings. The molecular weight excluding hydrogens is 348 g/mol. The molecule has 0 bridgehead atoms. The largest absolute Gasteiger partial charge is 0.326 e. The molecule has 0 saturated carbocycles. The molecule has 3 rings (SSSR count). The van der Waals surface area contributed by atoms with Gasteiger partial charge < -0.3 is 10.6 Å². The highest BCUT2D eigenvalue weighted by molar-refractivity contribution is 6.05. The summed E-state index contributed by atoms with van der Waals surface area (Å²) < 4.78 is 1.46. The Kier molecular flexibility index (Phi) is 4.84. The Labute approximate surface area is 154 Å². The lowest BCUT2D eigenvalue weighted by molar-refractivity contribution is -0.114. The molecule has 0 spiro atoms. The van der Waals surface area contributed by atoms with Gasteiger partial charge in [0.05, 0.1) is 17.5 Å². The number of H-pyrrole nitrogens is 1. The van der Waals surface area contributed by atoms with Crippen molar-refractivity contribution in [1.29, 1.82) is 0 Å². The summed E-state index contributed by atoms with van der Waals surface area (Å²) in [6.07, 6.45) is 1.43. The maximum Gasteiger partial charge on any atom is 0.264 e. The molecule has 0 fully saturated rings. The first kappa shape index (κ1) is 18.1. The molecule has 2 amide bonds. The van der Waals surface area contributed by atoms with Crippen LogP contribution in [0.25, 0.3) is 5.82 Å². The van der Waals surface area contributed by atoms with Crippen LogP contribution in [0.3, 0.4) is 0 Å². The van der Waals surface area contributed by atoms with E-state index in [1.807, 2.05) is 6.92 Å². The maximum atomic E-state index is 12.6. The number of nitrogens with zero attached hydrogens (tertiary/aromatic N) is 3. The van der Waals surface area contributed by atoms with Gasteiger partial charge in [0.25, 0.3) is 11.5 Å². The van der Waals surface area contributed by atoms with Gasteiger partial charge in [-0.1, -0.05) is 6.07 Å². The second kappa shape index (κ2) is 7.24. The van der Waals surface area contributed by atoms with E-state index in [0.29, 0.717) is 28.5 Å². The number of aryl methyl sites for hydroxylation is 1. The number of benzene rings is 1. The Hall–Kier alpha value is -3.75.